The van der Waals surface area contributed by atoms with Gasteiger partial charge in [0, 0.05) is 11.8 Å². The minimum absolute atomic E-state index is 1.13. The fourth-order valence-corrected chi connectivity index (χ4v) is 0.713. The third-order valence-corrected chi connectivity index (χ3v) is 1.26. The van der Waals surface area contributed by atoms with Crippen molar-refractivity contribution in [2.24, 2.45) is 0 Å². The maximum absolute atomic E-state index is 3.88. The van der Waals surface area contributed by atoms with E-state index in [2.05, 4.69) is 10.2 Å². The van der Waals surface area contributed by atoms with Crippen molar-refractivity contribution in [3.05, 3.63) is 30.5 Å². The van der Waals surface area contributed by atoms with Crippen LogP contribution in [0.15, 0.2) is 30.5 Å². The van der Waals surface area contributed by atoms with E-state index in [1.165, 1.54) is 5.56 Å². The van der Waals surface area contributed by atoms with Crippen LogP contribution in [0.3, 0.4) is 0 Å². The SMILES string of the molecule is c1ccc2cc-2[nH]nc1. The molecule has 1 N–H and O–H groups in total. The van der Waals surface area contributed by atoms with E-state index >= 15 is 0 Å². The smallest absolute Gasteiger partial charge is 0.0641 e. The number of hydrogen-bond acceptors (Lipinski definition) is 1. The van der Waals surface area contributed by atoms with Crippen molar-refractivity contribution < 1.29 is 0 Å². The zero-order valence-electron chi connectivity index (χ0n) is 4.83. The molecule has 0 aromatic heterocycles. The lowest BCUT2D eigenvalue weighted by molar-refractivity contribution is 1.07. The Morgan fingerprint density at radius 2 is 2.33 bits per heavy atom. The highest BCUT2D eigenvalue weighted by molar-refractivity contribution is 5.73. The van der Waals surface area contributed by atoms with Gasteiger partial charge >= 0.3 is 0 Å². The molecule has 0 atom stereocenters. The highest BCUT2D eigenvalue weighted by Gasteiger charge is 2.05. The summed E-state index contributed by atoms with van der Waals surface area (Å²) in [5.74, 6) is 0. The van der Waals surface area contributed by atoms with Gasteiger partial charge in [-0.25, -0.2) is 0 Å². The molecule has 0 aromatic carbocycles. The summed E-state index contributed by atoms with van der Waals surface area (Å²) in [7, 11) is 0. The molecule has 2 aliphatic rings. The minimum atomic E-state index is 1.13. The van der Waals surface area contributed by atoms with Gasteiger partial charge in [0.25, 0.3) is 0 Å². The van der Waals surface area contributed by atoms with Crippen LogP contribution in [-0.2, 0) is 0 Å². The van der Waals surface area contributed by atoms with Gasteiger partial charge < -0.3 is 0 Å². The second kappa shape index (κ2) is 1.58. The molecular weight excluding hydrogens is 112 g/mol. The van der Waals surface area contributed by atoms with Gasteiger partial charge in [0.15, 0.2) is 0 Å². The van der Waals surface area contributed by atoms with Crippen molar-refractivity contribution in [3.8, 4) is 11.3 Å². The van der Waals surface area contributed by atoms with Crippen molar-refractivity contribution in [2.45, 2.75) is 0 Å². The van der Waals surface area contributed by atoms with Crippen LogP contribution in [0.25, 0.3) is 11.3 Å². The van der Waals surface area contributed by atoms with Gasteiger partial charge in [-0.1, -0.05) is 12.1 Å². The molecule has 2 rings (SSSR count). The van der Waals surface area contributed by atoms with Crippen LogP contribution in [0.5, 0.6) is 0 Å². The quantitative estimate of drug-likeness (QED) is 0.558. The third-order valence-electron chi connectivity index (χ3n) is 1.26. The lowest BCUT2D eigenvalue weighted by Crippen LogP contribution is -1.68. The van der Waals surface area contributed by atoms with Gasteiger partial charge in [-0.15, -0.1) is 0 Å². The average Bonchev–Trinajstić information content (AvgIpc) is 2.46. The largest absolute Gasteiger partial charge is 0.278 e. The Balaban J connectivity index is 2.60. The van der Waals surface area contributed by atoms with Gasteiger partial charge in [0.05, 0.1) is 5.69 Å². The Labute approximate surface area is 52.9 Å². The molecule has 0 fully saturated rings. The van der Waals surface area contributed by atoms with Crippen LogP contribution < -0.4 is 0 Å². The Morgan fingerprint density at radius 1 is 1.33 bits per heavy atom. The van der Waals surface area contributed by atoms with Crippen LogP contribution in [0.2, 0.25) is 0 Å². The normalized spacial score (nSPS) is 10.2. The topological polar surface area (TPSA) is 28.7 Å². The Hall–Kier alpha value is -1.31. The highest BCUT2D eigenvalue weighted by Crippen LogP contribution is 2.26. The van der Waals surface area contributed by atoms with E-state index in [-0.39, 0.29) is 0 Å². The maximum Gasteiger partial charge on any atom is 0.0641 e. The van der Waals surface area contributed by atoms with Crippen LogP contribution in [0, 0.1) is 0 Å². The molecule has 1 aliphatic carbocycles. The maximum atomic E-state index is 3.88. The Bertz CT molecular complexity index is 247. The van der Waals surface area contributed by atoms with Crippen molar-refractivity contribution in [3.63, 3.8) is 0 Å². The first-order valence-electron chi connectivity index (χ1n) is 2.85. The van der Waals surface area contributed by atoms with Crippen molar-refractivity contribution >= 4 is 0 Å². The molecule has 0 spiro atoms. The fourth-order valence-electron chi connectivity index (χ4n) is 0.713. The van der Waals surface area contributed by atoms with E-state index in [9.17, 15) is 0 Å². The number of nitrogens with one attached hydrogen (secondary N) is 1. The predicted octanol–water partition coefficient (Wildman–Crippen LogP) is 1.51. The molecule has 1 heterocycles. The molecule has 0 aromatic rings. The Morgan fingerprint density at radius 3 is 3.33 bits per heavy atom. The summed E-state index contributed by atoms with van der Waals surface area (Å²) in [4.78, 5) is 0. The predicted molar refractivity (Wildman–Crippen MR) is 35.2 cm³/mol. The summed E-state index contributed by atoms with van der Waals surface area (Å²) in [5.41, 5.74) is 2.39. The standard InChI is InChI=1S/C7H6N2/c1-2-4-8-9-7-5-6(7)3-1/h1-5,9H. The highest BCUT2D eigenvalue weighted by atomic mass is 15.1. The number of fused-ring (bicyclic) bond motifs is 1. The average molecular weight is 118 g/mol. The van der Waals surface area contributed by atoms with Gasteiger partial charge in [0.2, 0.25) is 0 Å². The van der Waals surface area contributed by atoms with Gasteiger partial charge in [-0.2, -0.15) is 5.10 Å². The second-order valence-corrected chi connectivity index (χ2v) is 1.95. The molecule has 9 heavy (non-hydrogen) atoms. The first kappa shape index (κ1) is 4.56. The zero-order chi connectivity index (χ0) is 6.10. The molecule has 0 bridgehead atoms. The molecule has 2 heteroatoms. The summed E-state index contributed by atoms with van der Waals surface area (Å²) < 4.78 is 0. The number of H-pyrrole nitrogens is 1. The van der Waals surface area contributed by atoms with E-state index in [1.807, 2.05) is 24.3 Å². The molecule has 0 unspecified atom stereocenters. The number of nitrogens with zero attached hydrogens (tertiary/aromatic N) is 1. The van der Waals surface area contributed by atoms with Crippen molar-refractivity contribution in [1.82, 2.24) is 10.2 Å². The summed E-state index contributed by atoms with van der Waals surface area (Å²) in [5, 5.41) is 6.75. The van der Waals surface area contributed by atoms with E-state index in [1.54, 1.807) is 6.20 Å². The van der Waals surface area contributed by atoms with Crippen LogP contribution in [-0.4, -0.2) is 10.2 Å². The number of hydrogen-bond donors (Lipinski definition) is 1. The van der Waals surface area contributed by atoms with Crippen molar-refractivity contribution in [1.29, 1.82) is 0 Å². The molecule has 0 amide bonds. The van der Waals surface area contributed by atoms with Gasteiger partial charge in [-0.05, 0) is 12.1 Å². The van der Waals surface area contributed by atoms with Gasteiger partial charge in [0.1, 0.15) is 0 Å². The third kappa shape index (κ3) is 0.785. The lowest BCUT2D eigenvalue weighted by Gasteiger charge is -1.75. The monoisotopic (exact) mass is 118 g/mol. The van der Waals surface area contributed by atoms with E-state index in [0.717, 1.165) is 5.69 Å². The lowest BCUT2D eigenvalue weighted by atomic mass is 10.4. The molecular formula is C7H6N2. The molecule has 0 saturated carbocycles. The first-order valence-corrected chi connectivity index (χ1v) is 2.85. The van der Waals surface area contributed by atoms with E-state index < -0.39 is 0 Å². The molecule has 0 saturated heterocycles. The molecule has 2 nitrogen and oxygen atoms in total. The molecule has 1 aliphatic heterocycles. The number of rotatable bonds is 0. The van der Waals surface area contributed by atoms with Crippen LogP contribution in [0.1, 0.15) is 0 Å². The summed E-state index contributed by atoms with van der Waals surface area (Å²) in [6.45, 7) is 0. The zero-order valence-corrected chi connectivity index (χ0v) is 4.83. The molecule has 0 radical (unpaired) electrons. The summed E-state index contributed by atoms with van der Waals surface area (Å²) in [6, 6.07) is 7.96. The van der Waals surface area contributed by atoms with Crippen molar-refractivity contribution in [2.75, 3.05) is 0 Å². The second-order valence-electron chi connectivity index (χ2n) is 1.95. The molecule has 44 valence electrons. The van der Waals surface area contributed by atoms with Gasteiger partial charge in [-0.3, -0.25) is 5.10 Å². The fraction of sp³-hybridized carbons (Fsp3) is 0. The number of aromatic amines is 1. The Kier molecular flexibility index (Phi) is 0.803. The number of aromatic nitrogens is 2. The van der Waals surface area contributed by atoms with E-state index in [0.29, 0.717) is 0 Å². The van der Waals surface area contributed by atoms with Crippen LogP contribution in [0.4, 0.5) is 0 Å². The summed E-state index contributed by atoms with van der Waals surface area (Å²) in [6.07, 6.45) is 1.73. The first-order chi connectivity index (χ1) is 4.47. The van der Waals surface area contributed by atoms with Crippen LogP contribution >= 0.6 is 0 Å². The summed E-state index contributed by atoms with van der Waals surface area (Å²) >= 11 is 0. The van der Waals surface area contributed by atoms with E-state index in [4.69, 9.17) is 0 Å². The minimum Gasteiger partial charge on any atom is -0.278 e.